The van der Waals surface area contributed by atoms with E-state index in [0.717, 1.165) is 23.2 Å². The summed E-state index contributed by atoms with van der Waals surface area (Å²) in [5, 5.41) is 12.8. The molecule has 2 rings (SSSR count). The van der Waals surface area contributed by atoms with Gasteiger partial charge in [0, 0.05) is 5.69 Å². The molecule has 0 fully saturated rings. The van der Waals surface area contributed by atoms with Crippen LogP contribution in [0.25, 0.3) is 0 Å². The van der Waals surface area contributed by atoms with Gasteiger partial charge in [-0.2, -0.15) is 5.26 Å². The van der Waals surface area contributed by atoms with Gasteiger partial charge in [0.2, 0.25) is 5.91 Å². The number of nitrogens with one attached hydrogen (secondary N) is 1. The minimum absolute atomic E-state index is 0.108. The second-order valence-corrected chi connectivity index (χ2v) is 7.07. The number of aryl methyl sites for hydroxylation is 3. The highest BCUT2D eigenvalue weighted by molar-refractivity contribution is 8.00. The lowest BCUT2D eigenvalue weighted by atomic mass is 10.1. The summed E-state index contributed by atoms with van der Waals surface area (Å²) >= 11 is 1.17. The number of thioether (sulfide) groups is 1. The van der Waals surface area contributed by atoms with E-state index in [-0.39, 0.29) is 29.4 Å². The number of nitrogens with zero attached hydrogens (tertiary/aromatic N) is 2. The highest BCUT2D eigenvalue weighted by Crippen LogP contribution is 2.25. The smallest absolute Gasteiger partial charge is 0.340 e. The van der Waals surface area contributed by atoms with Gasteiger partial charge in [-0.1, -0.05) is 36.9 Å². The van der Waals surface area contributed by atoms with Crippen molar-refractivity contribution in [1.82, 2.24) is 4.98 Å². The lowest BCUT2D eigenvalue weighted by molar-refractivity contribution is -0.113. The second-order valence-electron chi connectivity index (χ2n) is 6.11. The highest BCUT2D eigenvalue weighted by Gasteiger charge is 2.17. The van der Waals surface area contributed by atoms with Gasteiger partial charge in [-0.05, 0) is 44.4 Å². The van der Waals surface area contributed by atoms with Crippen LogP contribution in [0.15, 0.2) is 29.3 Å². The van der Waals surface area contributed by atoms with Crippen LogP contribution < -0.4 is 5.32 Å². The van der Waals surface area contributed by atoms with Crippen molar-refractivity contribution in [3.63, 3.8) is 0 Å². The van der Waals surface area contributed by atoms with Crippen LogP contribution in [0.4, 0.5) is 5.69 Å². The first-order valence-corrected chi connectivity index (χ1v) is 9.99. The van der Waals surface area contributed by atoms with Crippen LogP contribution in [-0.2, 0) is 16.0 Å². The Bertz CT molecular complexity index is 935. The molecule has 1 aromatic heterocycles. The number of anilines is 1. The van der Waals surface area contributed by atoms with Crippen molar-refractivity contribution in [2.45, 2.75) is 39.1 Å². The molecule has 1 aromatic carbocycles. The number of esters is 1. The fourth-order valence-electron chi connectivity index (χ4n) is 2.70. The number of hydrogen-bond acceptors (Lipinski definition) is 6. The molecule has 6 nitrogen and oxygen atoms in total. The van der Waals surface area contributed by atoms with Gasteiger partial charge < -0.3 is 10.1 Å². The topological polar surface area (TPSA) is 92.1 Å². The quantitative estimate of drug-likeness (QED) is 0.560. The van der Waals surface area contributed by atoms with Gasteiger partial charge in [0.25, 0.3) is 0 Å². The standard InChI is InChI=1S/C21H23N3O3S/c1-5-15-9-7-8-13(3)19(15)24-18(25)12-28-20-16(11-22)10-17(14(4)23-20)21(26)27-6-2/h7-10H,5-6,12H2,1-4H3,(H,24,25). The van der Waals surface area contributed by atoms with E-state index in [0.29, 0.717) is 10.7 Å². The second kappa shape index (κ2) is 9.90. The van der Waals surface area contributed by atoms with Crippen LogP contribution >= 0.6 is 11.8 Å². The molecule has 146 valence electrons. The Morgan fingerprint density at radius 3 is 2.68 bits per heavy atom. The zero-order valence-electron chi connectivity index (χ0n) is 16.5. The maximum absolute atomic E-state index is 12.4. The predicted molar refractivity (Wildman–Crippen MR) is 110 cm³/mol. The minimum Gasteiger partial charge on any atom is -0.462 e. The highest BCUT2D eigenvalue weighted by atomic mass is 32.2. The van der Waals surface area contributed by atoms with E-state index >= 15 is 0 Å². The van der Waals surface area contributed by atoms with Crippen molar-refractivity contribution in [3.05, 3.63) is 52.2 Å². The largest absolute Gasteiger partial charge is 0.462 e. The SMILES string of the molecule is CCOC(=O)c1cc(C#N)c(SCC(=O)Nc2c(C)cccc2CC)nc1C. The molecule has 0 saturated heterocycles. The van der Waals surface area contributed by atoms with E-state index in [1.54, 1.807) is 13.8 Å². The van der Waals surface area contributed by atoms with Crippen LogP contribution in [0.3, 0.4) is 0 Å². The Balaban J connectivity index is 2.14. The molecule has 0 aliphatic rings. The van der Waals surface area contributed by atoms with Gasteiger partial charge in [-0.3, -0.25) is 4.79 Å². The third-order valence-corrected chi connectivity index (χ3v) is 5.13. The predicted octanol–water partition coefficient (Wildman–Crippen LogP) is 4.04. The maximum atomic E-state index is 12.4. The van der Waals surface area contributed by atoms with Crippen molar-refractivity contribution in [2.75, 3.05) is 17.7 Å². The van der Waals surface area contributed by atoms with E-state index in [1.165, 1.54) is 17.8 Å². The average molecular weight is 398 g/mol. The molecular formula is C21H23N3O3S. The first-order chi connectivity index (χ1) is 13.4. The summed E-state index contributed by atoms with van der Waals surface area (Å²) in [6, 6.07) is 9.42. The van der Waals surface area contributed by atoms with Gasteiger partial charge in [0.05, 0.1) is 29.2 Å². The molecule has 1 heterocycles. The molecule has 2 aromatic rings. The van der Waals surface area contributed by atoms with E-state index in [4.69, 9.17) is 4.74 Å². The molecule has 0 spiro atoms. The first kappa shape index (κ1) is 21.5. The number of pyridine rings is 1. The normalized spacial score (nSPS) is 10.2. The Morgan fingerprint density at radius 2 is 2.04 bits per heavy atom. The van der Waals surface area contributed by atoms with Crippen LogP contribution in [0.2, 0.25) is 0 Å². The number of carbonyl (C=O) groups is 2. The number of nitriles is 1. The molecule has 1 amide bonds. The van der Waals surface area contributed by atoms with Crippen molar-refractivity contribution < 1.29 is 14.3 Å². The molecule has 0 unspecified atom stereocenters. The number of ether oxygens (including phenoxy) is 1. The van der Waals surface area contributed by atoms with Crippen LogP contribution in [0, 0.1) is 25.2 Å². The van der Waals surface area contributed by atoms with Gasteiger partial charge in [-0.15, -0.1) is 0 Å². The molecule has 0 aliphatic heterocycles. The van der Waals surface area contributed by atoms with Crippen LogP contribution in [0.5, 0.6) is 0 Å². The summed E-state index contributed by atoms with van der Waals surface area (Å²) in [4.78, 5) is 28.7. The van der Waals surface area contributed by atoms with Crippen LogP contribution in [-0.4, -0.2) is 29.2 Å². The monoisotopic (exact) mass is 397 g/mol. The number of para-hydroxylation sites is 1. The molecule has 0 radical (unpaired) electrons. The number of amides is 1. The van der Waals surface area contributed by atoms with Gasteiger partial charge in [-0.25, -0.2) is 9.78 Å². The van der Waals surface area contributed by atoms with Crippen molar-refractivity contribution >= 4 is 29.3 Å². The summed E-state index contributed by atoms with van der Waals surface area (Å²) in [7, 11) is 0. The molecule has 0 bridgehead atoms. The molecule has 0 atom stereocenters. The van der Waals surface area contributed by atoms with Crippen molar-refractivity contribution in [1.29, 1.82) is 5.26 Å². The number of rotatable bonds is 7. The van der Waals surface area contributed by atoms with Gasteiger partial charge in [0.15, 0.2) is 0 Å². The van der Waals surface area contributed by atoms with E-state index in [9.17, 15) is 14.9 Å². The van der Waals surface area contributed by atoms with E-state index < -0.39 is 5.97 Å². The Labute approximate surface area is 169 Å². The van der Waals surface area contributed by atoms with Gasteiger partial charge >= 0.3 is 5.97 Å². The summed E-state index contributed by atoms with van der Waals surface area (Å²) in [6.45, 7) is 7.63. The third kappa shape index (κ3) is 5.11. The van der Waals surface area contributed by atoms with Crippen LogP contribution in [0.1, 0.15) is 46.6 Å². The zero-order valence-corrected chi connectivity index (χ0v) is 17.3. The van der Waals surface area contributed by atoms with E-state index in [1.807, 2.05) is 38.1 Å². The first-order valence-electron chi connectivity index (χ1n) is 9.01. The molecule has 7 heteroatoms. The Morgan fingerprint density at radius 1 is 1.29 bits per heavy atom. The lowest BCUT2D eigenvalue weighted by Gasteiger charge is -2.13. The molecule has 0 saturated carbocycles. The third-order valence-electron chi connectivity index (χ3n) is 4.14. The summed E-state index contributed by atoms with van der Waals surface area (Å²) in [6.07, 6.45) is 0.819. The maximum Gasteiger partial charge on any atom is 0.340 e. The number of aromatic nitrogens is 1. The number of carbonyl (C=O) groups excluding carboxylic acids is 2. The summed E-state index contributed by atoms with van der Waals surface area (Å²) in [5.41, 5.74) is 3.88. The number of hydrogen-bond donors (Lipinski definition) is 1. The van der Waals surface area contributed by atoms with E-state index in [2.05, 4.69) is 10.3 Å². The molecule has 28 heavy (non-hydrogen) atoms. The summed E-state index contributed by atoms with van der Waals surface area (Å²) < 4.78 is 4.99. The Kier molecular flexibility index (Phi) is 7.59. The minimum atomic E-state index is -0.509. The zero-order chi connectivity index (χ0) is 20.7. The van der Waals surface area contributed by atoms with Gasteiger partial charge in [0.1, 0.15) is 11.1 Å². The average Bonchev–Trinajstić information content (AvgIpc) is 2.68. The number of benzene rings is 1. The summed E-state index contributed by atoms with van der Waals surface area (Å²) in [5.74, 6) is -0.575. The van der Waals surface area contributed by atoms with Crippen molar-refractivity contribution in [2.24, 2.45) is 0 Å². The van der Waals surface area contributed by atoms with Crippen molar-refractivity contribution in [3.8, 4) is 6.07 Å². The Hall–Kier alpha value is -2.85. The molecule has 1 N–H and O–H groups in total. The fraction of sp³-hybridized carbons (Fsp3) is 0.333. The lowest BCUT2D eigenvalue weighted by Crippen LogP contribution is -2.16. The molecule has 0 aliphatic carbocycles. The fourth-order valence-corrected chi connectivity index (χ4v) is 3.50. The molecular weight excluding hydrogens is 374 g/mol.